The van der Waals surface area contributed by atoms with Crippen molar-refractivity contribution < 1.29 is 14.2 Å². The van der Waals surface area contributed by atoms with Crippen LogP contribution in [0.25, 0.3) is 0 Å². The van der Waals surface area contributed by atoms with Crippen molar-refractivity contribution in [3.05, 3.63) is 35.6 Å². The molecular formula is C18H27FN2O2. The zero-order valence-corrected chi connectivity index (χ0v) is 13.9. The van der Waals surface area contributed by atoms with E-state index >= 15 is 0 Å². The van der Waals surface area contributed by atoms with Gasteiger partial charge in [-0.05, 0) is 57.0 Å². The number of benzene rings is 1. The Morgan fingerprint density at radius 1 is 1.17 bits per heavy atom. The van der Waals surface area contributed by atoms with Gasteiger partial charge in [-0.3, -0.25) is 9.80 Å². The Balaban J connectivity index is 1.60. The van der Waals surface area contributed by atoms with Crippen LogP contribution in [0.1, 0.15) is 31.2 Å². The summed E-state index contributed by atoms with van der Waals surface area (Å²) in [6, 6.07) is 6.73. The van der Waals surface area contributed by atoms with Gasteiger partial charge in [-0.1, -0.05) is 12.1 Å². The maximum Gasteiger partial charge on any atom is 0.136 e. The van der Waals surface area contributed by atoms with E-state index in [2.05, 4.69) is 4.90 Å². The Hall–Kier alpha value is -1.01. The second kappa shape index (κ2) is 7.26. The molecular weight excluding hydrogens is 295 g/mol. The highest BCUT2D eigenvalue weighted by Gasteiger charge is 2.52. The van der Waals surface area contributed by atoms with Crippen molar-refractivity contribution in [2.75, 3.05) is 33.3 Å². The lowest BCUT2D eigenvalue weighted by Crippen LogP contribution is -2.45. The van der Waals surface area contributed by atoms with E-state index in [9.17, 15) is 9.50 Å². The summed E-state index contributed by atoms with van der Waals surface area (Å²) in [4.78, 5) is 4.38. The molecule has 1 aromatic rings. The molecule has 1 heterocycles. The summed E-state index contributed by atoms with van der Waals surface area (Å²) in [6.45, 7) is 4.17. The molecule has 4 nitrogen and oxygen atoms in total. The Bertz CT molecular complexity index is 504. The Labute approximate surface area is 137 Å². The number of hydrogen-bond acceptors (Lipinski definition) is 4. The van der Waals surface area contributed by atoms with Crippen molar-refractivity contribution in [3.63, 3.8) is 0 Å². The van der Waals surface area contributed by atoms with Gasteiger partial charge in [0.1, 0.15) is 17.6 Å². The van der Waals surface area contributed by atoms with E-state index in [1.807, 2.05) is 24.1 Å². The van der Waals surface area contributed by atoms with Gasteiger partial charge in [-0.2, -0.15) is 0 Å². The largest absolute Gasteiger partial charge is 0.375 e. The number of nitrogens with zero attached hydrogens (tertiary/aromatic N) is 2. The molecule has 2 aliphatic rings. The first-order valence-corrected chi connectivity index (χ1v) is 8.58. The van der Waals surface area contributed by atoms with Gasteiger partial charge in [-0.15, -0.1) is 0 Å². The van der Waals surface area contributed by atoms with Crippen molar-refractivity contribution in [1.29, 1.82) is 0 Å². The summed E-state index contributed by atoms with van der Waals surface area (Å²) in [7, 11) is 1.97. The Morgan fingerprint density at radius 3 is 2.57 bits per heavy atom. The van der Waals surface area contributed by atoms with Crippen LogP contribution in [0.3, 0.4) is 0 Å². The van der Waals surface area contributed by atoms with Gasteiger partial charge in [0.15, 0.2) is 0 Å². The lowest BCUT2D eigenvalue weighted by atomic mass is 10.2. The van der Waals surface area contributed by atoms with Crippen LogP contribution < -0.4 is 0 Å². The van der Waals surface area contributed by atoms with Gasteiger partial charge in [0.05, 0.1) is 6.61 Å². The smallest absolute Gasteiger partial charge is 0.136 e. The highest BCUT2D eigenvalue weighted by atomic mass is 19.1. The molecule has 128 valence electrons. The second-order valence-electron chi connectivity index (χ2n) is 6.88. The second-order valence-corrected chi connectivity index (χ2v) is 6.88. The third-order valence-electron chi connectivity index (χ3n) is 4.98. The maximum absolute atomic E-state index is 13.0. The summed E-state index contributed by atoms with van der Waals surface area (Å²) in [6.07, 6.45) is 3.54. The Morgan fingerprint density at radius 2 is 1.87 bits per heavy atom. The molecule has 1 aliphatic heterocycles. The normalized spacial score (nSPS) is 26.8. The molecule has 23 heavy (non-hydrogen) atoms. The van der Waals surface area contributed by atoms with Crippen LogP contribution >= 0.6 is 0 Å². The van der Waals surface area contributed by atoms with E-state index in [0.29, 0.717) is 6.61 Å². The van der Waals surface area contributed by atoms with Crippen molar-refractivity contribution in [2.45, 2.75) is 44.1 Å². The summed E-state index contributed by atoms with van der Waals surface area (Å²) >= 11 is 0. The molecule has 0 aromatic heterocycles. The molecule has 1 aromatic carbocycles. The van der Waals surface area contributed by atoms with Crippen LogP contribution in [0.4, 0.5) is 4.39 Å². The van der Waals surface area contributed by atoms with E-state index < -0.39 is 6.23 Å². The molecule has 5 heteroatoms. The van der Waals surface area contributed by atoms with Crippen molar-refractivity contribution in [1.82, 2.24) is 9.80 Å². The van der Waals surface area contributed by atoms with Crippen LogP contribution in [-0.2, 0) is 11.3 Å². The predicted octanol–water partition coefficient (Wildman–Crippen LogP) is 2.22. The minimum absolute atomic E-state index is 0.192. The average Bonchev–Trinajstić information content (AvgIpc) is 3.33. The van der Waals surface area contributed by atoms with Gasteiger partial charge >= 0.3 is 0 Å². The van der Waals surface area contributed by atoms with E-state index in [0.717, 1.165) is 57.4 Å². The molecule has 1 saturated carbocycles. The molecule has 1 spiro atoms. The summed E-state index contributed by atoms with van der Waals surface area (Å²) < 4.78 is 19.1. The molecule has 1 atom stereocenters. The first kappa shape index (κ1) is 16.8. The number of rotatable bonds is 2. The van der Waals surface area contributed by atoms with E-state index in [1.54, 1.807) is 0 Å². The fourth-order valence-corrected chi connectivity index (χ4v) is 3.32. The molecule has 1 N–H and O–H groups in total. The van der Waals surface area contributed by atoms with Gasteiger partial charge < -0.3 is 9.84 Å². The molecule has 0 bridgehead atoms. The number of aliphatic hydroxyl groups is 1. The highest BCUT2D eigenvalue weighted by molar-refractivity contribution is 5.15. The summed E-state index contributed by atoms with van der Waals surface area (Å²) in [5.41, 5.74) is 0.778. The fourth-order valence-electron chi connectivity index (χ4n) is 3.32. The zero-order chi connectivity index (χ0) is 16.3. The fraction of sp³-hybridized carbons (Fsp3) is 0.667. The quantitative estimate of drug-likeness (QED) is 0.906. The third-order valence-corrected chi connectivity index (χ3v) is 4.98. The average molecular weight is 322 g/mol. The van der Waals surface area contributed by atoms with Crippen molar-refractivity contribution >= 4 is 0 Å². The molecule has 2 fully saturated rings. The standard InChI is InChI=1S/C18H27FN2O2/c1-20-10-2-3-11-21(14-15-4-6-16(19)7-5-15)12-13-23-18(8-9-18)17(20)22/h4-7,17,22H,2-3,8-14H2,1H3. The molecule has 1 unspecified atom stereocenters. The minimum Gasteiger partial charge on any atom is -0.375 e. The summed E-state index contributed by atoms with van der Waals surface area (Å²) in [5.74, 6) is -0.192. The molecule has 0 radical (unpaired) electrons. The maximum atomic E-state index is 13.0. The number of likely N-dealkylation sites (N-methyl/N-ethyl adjacent to an activating group) is 1. The number of aliphatic hydroxyl groups excluding tert-OH is 1. The van der Waals surface area contributed by atoms with Crippen LogP contribution in [0.5, 0.6) is 0 Å². The van der Waals surface area contributed by atoms with Crippen molar-refractivity contribution in [2.24, 2.45) is 0 Å². The monoisotopic (exact) mass is 322 g/mol. The highest BCUT2D eigenvalue weighted by Crippen LogP contribution is 2.43. The topological polar surface area (TPSA) is 35.9 Å². The third kappa shape index (κ3) is 4.29. The van der Waals surface area contributed by atoms with E-state index in [-0.39, 0.29) is 11.4 Å². The molecule has 1 aliphatic carbocycles. The first-order valence-electron chi connectivity index (χ1n) is 8.58. The van der Waals surface area contributed by atoms with Gasteiger partial charge in [0, 0.05) is 19.6 Å². The van der Waals surface area contributed by atoms with Crippen LogP contribution in [0.2, 0.25) is 0 Å². The number of halogens is 1. The summed E-state index contributed by atoms with van der Waals surface area (Å²) in [5, 5.41) is 10.5. The molecule has 1 saturated heterocycles. The lowest BCUT2D eigenvalue weighted by molar-refractivity contribution is -0.121. The first-order chi connectivity index (χ1) is 11.1. The lowest BCUT2D eigenvalue weighted by Gasteiger charge is -2.30. The van der Waals surface area contributed by atoms with Gasteiger partial charge in [0.25, 0.3) is 0 Å². The van der Waals surface area contributed by atoms with E-state index in [4.69, 9.17) is 4.74 Å². The SMILES string of the molecule is CN1CCCCN(Cc2ccc(F)cc2)CCOC2(CC2)C1O. The van der Waals surface area contributed by atoms with Crippen LogP contribution in [-0.4, -0.2) is 60.0 Å². The zero-order valence-electron chi connectivity index (χ0n) is 13.9. The van der Waals surface area contributed by atoms with Crippen LogP contribution in [0, 0.1) is 5.82 Å². The van der Waals surface area contributed by atoms with Crippen molar-refractivity contribution in [3.8, 4) is 0 Å². The predicted molar refractivity (Wildman–Crippen MR) is 87.5 cm³/mol. The molecule has 0 amide bonds. The molecule has 3 rings (SSSR count). The Kier molecular flexibility index (Phi) is 5.31. The number of ether oxygens (including phenoxy) is 1. The minimum atomic E-state index is -0.494. The van der Waals surface area contributed by atoms with Crippen LogP contribution in [0.15, 0.2) is 24.3 Å². The van der Waals surface area contributed by atoms with Gasteiger partial charge in [-0.25, -0.2) is 4.39 Å². The number of hydrogen-bond donors (Lipinski definition) is 1. The van der Waals surface area contributed by atoms with Gasteiger partial charge in [0.2, 0.25) is 0 Å². The van der Waals surface area contributed by atoms with E-state index in [1.165, 1.54) is 12.1 Å².